The summed E-state index contributed by atoms with van der Waals surface area (Å²) < 4.78 is 6.34. The molecule has 0 aliphatic carbocycles. The highest BCUT2D eigenvalue weighted by Gasteiger charge is 2.31. The topological polar surface area (TPSA) is 65.9 Å². The molecular formula is C24H31N3O3. The molecule has 2 fully saturated rings. The molecule has 1 aromatic heterocycles. The summed E-state index contributed by atoms with van der Waals surface area (Å²) in [6.45, 7) is 5.59. The Morgan fingerprint density at radius 1 is 1.13 bits per heavy atom. The predicted molar refractivity (Wildman–Crippen MR) is 115 cm³/mol. The van der Waals surface area contributed by atoms with Gasteiger partial charge in [-0.3, -0.25) is 14.7 Å². The number of aryl methyl sites for hydroxylation is 1. The molecule has 1 N–H and O–H groups in total. The average molecular weight is 410 g/mol. The SMILES string of the molecule is Cc1ccc(OC2CCN(Cc3ccncc3)CC2)c(C(=O)N2CCC[C@H]2CO)c1. The number of piperidine rings is 1. The molecule has 2 aliphatic rings. The van der Waals surface area contributed by atoms with Gasteiger partial charge < -0.3 is 14.7 Å². The van der Waals surface area contributed by atoms with Crippen LogP contribution in [0.1, 0.15) is 47.2 Å². The van der Waals surface area contributed by atoms with E-state index in [1.807, 2.05) is 37.5 Å². The highest BCUT2D eigenvalue weighted by molar-refractivity contribution is 5.97. The molecule has 0 saturated carbocycles. The third-order valence-electron chi connectivity index (χ3n) is 6.20. The van der Waals surface area contributed by atoms with Crippen LogP contribution in [0.15, 0.2) is 42.7 Å². The highest BCUT2D eigenvalue weighted by Crippen LogP contribution is 2.28. The number of ether oxygens (including phenoxy) is 1. The Morgan fingerprint density at radius 2 is 1.90 bits per heavy atom. The molecule has 2 aromatic rings. The Balaban J connectivity index is 1.40. The van der Waals surface area contributed by atoms with E-state index in [2.05, 4.69) is 22.0 Å². The number of amides is 1. The van der Waals surface area contributed by atoms with Crippen molar-refractivity contribution in [2.24, 2.45) is 0 Å². The summed E-state index contributed by atoms with van der Waals surface area (Å²) in [7, 11) is 0. The molecule has 6 nitrogen and oxygen atoms in total. The van der Waals surface area contributed by atoms with E-state index in [-0.39, 0.29) is 24.7 Å². The summed E-state index contributed by atoms with van der Waals surface area (Å²) in [5.41, 5.74) is 2.94. The van der Waals surface area contributed by atoms with E-state index in [1.54, 1.807) is 4.90 Å². The van der Waals surface area contributed by atoms with Crippen LogP contribution in [0, 0.1) is 6.92 Å². The number of benzene rings is 1. The second-order valence-electron chi connectivity index (χ2n) is 8.43. The van der Waals surface area contributed by atoms with E-state index in [0.29, 0.717) is 17.9 Å². The van der Waals surface area contributed by atoms with Crippen molar-refractivity contribution >= 4 is 5.91 Å². The lowest BCUT2D eigenvalue weighted by molar-refractivity contribution is 0.0658. The number of hydrogen-bond donors (Lipinski definition) is 1. The van der Waals surface area contributed by atoms with Crippen molar-refractivity contribution < 1.29 is 14.6 Å². The molecule has 4 rings (SSSR count). The molecule has 0 unspecified atom stereocenters. The van der Waals surface area contributed by atoms with Gasteiger partial charge in [0.15, 0.2) is 0 Å². The Labute approximate surface area is 178 Å². The summed E-state index contributed by atoms with van der Waals surface area (Å²) in [6, 6.07) is 9.88. The third-order valence-corrected chi connectivity index (χ3v) is 6.20. The van der Waals surface area contributed by atoms with E-state index in [0.717, 1.165) is 50.9 Å². The minimum Gasteiger partial charge on any atom is -0.489 e. The zero-order chi connectivity index (χ0) is 20.9. The van der Waals surface area contributed by atoms with Crippen LogP contribution >= 0.6 is 0 Å². The van der Waals surface area contributed by atoms with Crippen LogP contribution in [0.2, 0.25) is 0 Å². The fourth-order valence-electron chi connectivity index (χ4n) is 4.47. The second-order valence-corrected chi connectivity index (χ2v) is 8.43. The lowest BCUT2D eigenvalue weighted by Crippen LogP contribution is -2.39. The smallest absolute Gasteiger partial charge is 0.257 e. The van der Waals surface area contributed by atoms with Gasteiger partial charge in [0.05, 0.1) is 18.2 Å². The molecule has 0 radical (unpaired) electrons. The van der Waals surface area contributed by atoms with Crippen molar-refractivity contribution in [2.75, 3.05) is 26.2 Å². The molecule has 1 atom stereocenters. The van der Waals surface area contributed by atoms with Gasteiger partial charge in [-0.2, -0.15) is 0 Å². The number of pyridine rings is 1. The maximum Gasteiger partial charge on any atom is 0.257 e. The van der Waals surface area contributed by atoms with Gasteiger partial charge in [0.25, 0.3) is 5.91 Å². The number of carbonyl (C=O) groups is 1. The van der Waals surface area contributed by atoms with E-state index >= 15 is 0 Å². The van der Waals surface area contributed by atoms with Crippen LogP contribution in [0.25, 0.3) is 0 Å². The molecule has 2 aliphatic heterocycles. The zero-order valence-corrected chi connectivity index (χ0v) is 17.7. The Bertz CT molecular complexity index is 850. The van der Waals surface area contributed by atoms with Gasteiger partial charge in [-0.25, -0.2) is 0 Å². The van der Waals surface area contributed by atoms with Crippen molar-refractivity contribution in [1.29, 1.82) is 0 Å². The molecule has 1 aromatic carbocycles. The van der Waals surface area contributed by atoms with Crippen molar-refractivity contribution in [2.45, 2.75) is 51.3 Å². The zero-order valence-electron chi connectivity index (χ0n) is 17.7. The summed E-state index contributed by atoms with van der Waals surface area (Å²) >= 11 is 0. The molecule has 160 valence electrons. The number of aliphatic hydroxyl groups excluding tert-OH is 1. The summed E-state index contributed by atoms with van der Waals surface area (Å²) in [5, 5.41) is 9.61. The van der Waals surface area contributed by atoms with E-state index < -0.39 is 0 Å². The van der Waals surface area contributed by atoms with Crippen molar-refractivity contribution in [3.63, 3.8) is 0 Å². The van der Waals surface area contributed by atoms with Gasteiger partial charge in [-0.1, -0.05) is 11.6 Å². The maximum atomic E-state index is 13.2. The summed E-state index contributed by atoms with van der Waals surface area (Å²) in [6.07, 6.45) is 7.46. The van der Waals surface area contributed by atoms with Gasteiger partial charge in [-0.05, 0) is 62.4 Å². The fourth-order valence-corrected chi connectivity index (χ4v) is 4.47. The minimum absolute atomic E-state index is 0.0175. The van der Waals surface area contributed by atoms with Crippen LogP contribution in [-0.2, 0) is 6.54 Å². The van der Waals surface area contributed by atoms with E-state index in [4.69, 9.17) is 4.74 Å². The van der Waals surface area contributed by atoms with Gasteiger partial charge in [0.1, 0.15) is 11.9 Å². The quantitative estimate of drug-likeness (QED) is 0.794. The molecule has 0 bridgehead atoms. The lowest BCUT2D eigenvalue weighted by Gasteiger charge is -2.33. The van der Waals surface area contributed by atoms with Crippen molar-refractivity contribution in [1.82, 2.24) is 14.8 Å². The van der Waals surface area contributed by atoms with Crippen LogP contribution in [0.3, 0.4) is 0 Å². The number of aliphatic hydroxyl groups is 1. The van der Waals surface area contributed by atoms with E-state index in [1.165, 1.54) is 5.56 Å². The van der Waals surface area contributed by atoms with Gasteiger partial charge in [-0.15, -0.1) is 0 Å². The number of hydrogen-bond acceptors (Lipinski definition) is 5. The van der Waals surface area contributed by atoms with Crippen molar-refractivity contribution in [3.8, 4) is 5.75 Å². The van der Waals surface area contributed by atoms with Crippen LogP contribution in [0.4, 0.5) is 0 Å². The number of rotatable bonds is 6. The van der Waals surface area contributed by atoms with Crippen molar-refractivity contribution in [3.05, 3.63) is 59.4 Å². The largest absolute Gasteiger partial charge is 0.489 e. The Kier molecular flexibility index (Phi) is 6.65. The first-order chi connectivity index (χ1) is 14.6. The molecule has 3 heterocycles. The fraction of sp³-hybridized carbons (Fsp3) is 0.500. The predicted octanol–water partition coefficient (Wildman–Crippen LogP) is 3.03. The van der Waals surface area contributed by atoms with Crippen LogP contribution in [0.5, 0.6) is 5.75 Å². The number of carbonyl (C=O) groups excluding carboxylic acids is 1. The molecule has 2 saturated heterocycles. The lowest BCUT2D eigenvalue weighted by atomic mass is 10.1. The third kappa shape index (κ3) is 4.82. The minimum atomic E-state index is -0.0812. The number of likely N-dealkylation sites (tertiary alicyclic amines) is 2. The monoisotopic (exact) mass is 409 g/mol. The van der Waals surface area contributed by atoms with Crippen LogP contribution in [-0.4, -0.2) is 64.2 Å². The van der Waals surface area contributed by atoms with Crippen LogP contribution < -0.4 is 4.74 Å². The summed E-state index contributed by atoms with van der Waals surface area (Å²) in [4.78, 5) is 21.5. The maximum absolute atomic E-state index is 13.2. The molecule has 30 heavy (non-hydrogen) atoms. The molecule has 6 heteroatoms. The van der Waals surface area contributed by atoms with E-state index in [9.17, 15) is 9.90 Å². The first-order valence-corrected chi connectivity index (χ1v) is 10.9. The first kappa shape index (κ1) is 20.8. The van der Waals surface area contributed by atoms with Gasteiger partial charge in [0.2, 0.25) is 0 Å². The summed E-state index contributed by atoms with van der Waals surface area (Å²) in [5.74, 6) is 0.641. The van der Waals surface area contributed by atoms with Gasteiger partial charge >= 0.3 is 0 Å². The Hall–Kier alpha value is -2.44. The number of nitrogens with zero attached hydrogens (tertiary/aromatic N) is 3. The standard InChI is InChI=1S/C24H31N3O3/c1-18-4-5-23(22(15-18)24(29)27-12-2-3-20(27)17-28)30-21-8-13-26(14-9-21)16-19-6-10-25-11-7-19/h4-7,10-11,15,20-21,28H,2-3,8-9,12-14,16-17H2,1H3/t20-/m0/s1. The first-order valence-electron chi connectivity index (χ1n) is 10.9. The normalized spacial score (nSPS) is 20.5. The Morgan fingerprint density at radius 3 is 2.63 bits per heavy atom. The highest BCUT2D eigenvalue weighted by atomic mass is 16.5. The molecule has 1 amide bonds. The molecule has 0 spiro atoms. The number of aromatic nitrogens is 1. The second kappa shape index (κ2) is 9.58. The average Bonchev–Trinajstić information content (AvgIpc) is 3.25. The van der Waals surface area contributed by atoms with Gasteiger partial charge in [0, 0.05) is 38.6 Å². The molecular weight excluding hydrogens is 378 g/mol.